The van der Waals surface area contributed by atoms with Crippen LogP contribution in [0.2, 0.25) is 0 Å². The van der Waals surface area contributed by atoms with Crippen molar-refractivity contribution < 1.29 is 14.3 Å². The van der Waals surface area contributed by atoms with Crippen molar-refractivity contribution in [2.24, 2.45) is 0 Å². The van der Waals surface area contributed by atoms with Crippen LogP contribution in [-0.2, 0) is 4.74 Å². The summed E-state index contributed by atoms with van der Waals surface area (Å²) in [4.78, 5) is 25.0. The third-order valence-corrected chi connectivity index (χ3v) is 1.81. The average Bonchev–Trinajstić information content (AvgIpc) is 2.24. The van der Waals surface area contributed by atoms with Gasteiger partial charge in [0.25, 0.3) is 5.56 Å². The molecule has 0 saturated heterocycles. The summed E-state index contributed by atoms with van der Waals surface area (Å²) in [7, 11) is 0. The number of H-pyrrole nitrogens is 1. The van der Waals surface area contributed by atoms with Crippen molar-refractivity contribution in [3.8, 4) is 5.75 Å². The zero-order valence-electron chi connectivity index (χ0n) is 10.8. The van der Waals surface area contributed by atoms with Crippen LogP contribution in [-0.4, -0.2) is 29.8 Å². The lowest BCUT2D eigenvalue weighted by Gasteiger charge is -2.19. The molecule has 0 aliphatic rings. The monoisotopic (exact) mass is 254 g/mol. The first-order valence-electron chi connectivity index (χ1n) is 5.66. The highest BCUT2D eigenvalue weighted by atomic mass is 16.6. The molecular formula is C12H18N2O4. The molecule has 100 valence electrons. The first-order valence-corrected chi connectivity index (χ1v) is 5.66. The van der Waals surface area contributed by atoms with Crippen LogP contribution in [0.1, 0.15) is 20.8 Å². The Kier molecular flexibility index (Phi) is 4.76. The number of carbonyl (C=O) groups is 1. The molecule has 1 aromatic heterocycles. The van der Waals surface area contributed by atoms with Crippen LogP contribution in [0.3, 0.4) is 0 Å². The van der Waals surface area contributed by atoms with E-state index in [9.17, 15) is 9.59 Å². The Balaban J connectivity index is 2.26. The number of aromatic nitrogens is 1. The first-order chi connectivity index (χ1) is 8.38. The van der Waals surface area contributed by atoms with E-state index in [-0.39, 0.29) is 24.5 Å². The van der Waals surface area contributed by atoms with E-state index in [0.717, 1.165) is 0 Å². The van der Waals surface area contributed by atoms with E-state index in [1.807, 2.05) is 0 Å². The van der Waals surface area contributed by atoms with Gasteiger partial charge in [-0.25, -0.2) is 4.79 Å². The molecule has 0 saturated carbocycles. The molecule has 0 aromatic carbocycles. The summed E-state index contributed by atoms with van der Waals surface area (Å²) in [6.45, 7) is 5.82. The molecular weight excluding hydrogens is 236 g/mol. The van der Waals surface area contributed by atoms with Crippen LogP contribution < -0.4 is 15.6 Å². The second-order valence-electron chi connectivity index (χ2n) is 4.64. The molecule has 1 heterocycles. The van der Waals surface area contributed by atoms with Gasteiger partial charge in [0.15, 0.2) is 5.75 Å². The molecule has 0 aliphatic carbocycles. The number of alkyl carbamates (subject to hydrolysis) is 1. The van der Waals surface area contributed by atoms with Crippen LogP contribution in [0.5, 0.6) is 5.75 Å². The normalized spacial score (nSPS) is 10.8. The van der Waals surface area contributed by atoms with Crippen molar-refractivity contribution in [1.82, 2.24) is 10.3 Å². The number of carbonyl (C=O) groups excluding carboxylic acids is 1. The number of pyridine rings is 1. The van der Waals surface area contributed by atoms with Crippen molar-refractivity contribution in [3.63, 3.8) is 0 Å². The lowest BCUT2D eigenvalue weighted by Crippen LogP contribution is -2.34. The van der Waals surface area contributed by atoms with Gasteiger partial charge in [-0.2, -0.15) is 0 Å². The molecule has 1 rings (SSSR count). The van der Waals surface area contributed by atoms with Crippen molar-refractivity contribution in [2.75, 3.05) is 13.2 Å². The van der Waals surface area contributed by atoms with Gasteiger partial charge in [-0.3, -0.25) is 4.79 Å². The topological polar surface area (TPSA) is 80.4 Å². The largest absolute Gasteiger partial charge is 0.486 e. The maximum atomic E-state index is 11.3. The van der Waals surface area contributed by atoms with Gasteiger partial charge >= 0.3 is 6.09 Å². The Morgan fingerprint density at radius 2 is 2.17 bits per heavy atom. The quantitative estimate of drug-likeness (QED) is 0.793. The molecule has 0 spiro atoms. The molecule has 0 unspecified atom stereocenters. The smallest absolute Gasteiger partial charge is 0.407 e. The Bertz CT molecular complexity index is 448. The maximum absolute atomic E-state index is 11.3. The lowest BCUT2D eigenvalue weighted by molar-refractivity contribution is 0.0520. The first kappa shape index (κ1) is 14.1. The molecule has 6 nitrogen and oxygen atoms in total. The summed E-state index contributed by atoms with van der Waals surface area (Å²) in [6.07, 6.45) is 1.02. The van der Waals surface area contributed by atoms with Crippen LogP contribution in [0.15, 0.2) is 23.1 Å². The van der Waals surface area contributed by atoms with E-state index in [1.165, 1.54) is 6.20 Å². The highest BCUT2D eigenvalue weighted by Crippen LogP contribution is 2.06. The molecule has 18 heavy (non-hydrogen) atoms. The molecule has 0 fully saturated rings. The van der Waals surface area contributed by atoms with Gasteiger partial charge in [-0.15, -0.1) is 0 Å². The maximum Gasteiger partial charge on any atom is 0.407 e. The van der Waals surface area contributed by atoms with E-state index in [4.69, 9.17) is 9.47 Å². The number of rotatable bonds is 4. The fraction of sp³-hybridized carbons (Fsp3) is 0.500. The van der Waals surface area contributed by atoms with E-state index in [2.05, 4.69) is 10.3 Å². The minimum atomic E-state index is -0.526. The summed E-state index contributed by atoms with van der Waals surface area (Å²) < 4.78 is 10.2. The van der Waals surface area contributed by atoms with E-state index in [1.54, 1.807) is 32.9 Å². The molecule has 6 heteroatoms. The van der Waals surface area contributed by atoms with Gasteiger partial charge in [0, 0.05) is 6.20 Å². The summed E-state index contributed by atoms with van der Waals surface area (Å²) in [6, 6.07) is 3.23. The Morgan fingerprint density at radius 3 is 2.78 bits per heavy atom. The zero-order valence-corrected chi connectivity index (χ0v) is 10.8. The minimum absolute atomic E-state index is 0.201. The molecule has 0 atom stereocenters. The Labute approximate surface area is 105 Å². The van der Waals surface area contributed by atoms with Gasteiger partial charge in [-0.1, -0.05) is 0 Å². The molecule has 0 radical (unpaired) electrons. The number of ether oxygens (including phenoxy) is 2. The Hall–Kier alpha value is -1.98. The van der Waals surface area contributed by atoms with Gasteiger partial charge in [0.05, 0.1) is 6.54 Å². The van der Waals surface area contributed by atoms with Crippen LogP contribution in [0.4, 0.5) is 4.79 Å². The van der Waals surface area contributed by atoms with Crippen LogP contribution in [0.25, 0.3) is 0 Å². The van der Waals surface area contributed by atoms with Gasteiger partial charge in [0.1, 0.15) is 12.2 Å². The average molecular weight is 254 g/mol. The second kappa shape index (κ2) is 6.09. The Morgan fingerprint density at radius 1 is 1.44 bits per heavy atom. The summed E-state index contributed by atoms with van der Waals surface area (Å²) in [5, 5.41) is 2.53. The molecule has 0 bridgehead atoms. The van der Waals surface area contributed by atoms with E-state index >= 15 is 0 Å². The van der Waals surface area contributed by atoms with Gasteiger partial charge < -0.3 is 19.8 Å². The number of amides is 1. The third kappa shape index (κ3) is 5.38. The summed E-state index contributed by atoms with van der Waals surface area (Å²) in [5.74, 6) is 0.225. The minimum Gasteiger partial charge on any atom is -0.486 e. The SMILES string of the molecule is CC(C)(C)OC(=O)NCCOc1ccc[nH]c1=O. The van der Waals surface area contributed by atoms with E-state index < -0.39 is 11.7 Å². The predicted molar refractivity (Wildman–Crippen MR) is 66.8 cm³/mol. The standard InChI is InChI=1S/C12H18N2O4/c1-12(2,3)18-11(16)14-7-8-17-9-5-4-6-13-10(9)15/h4-6H,7-8H2,1-3H3,(H,13,15)(H,14,16). The zero-order chi connectivity index (χ0) is 13.6. The molecule has 1 amide bonds. The van der Waals surface area contributed by atoms with Gasteiger partial charge in [0.2, 0.25) is 0 Å². The van der Waals surface area contributed by atoms with E-state index in [0.29, 0.717) is 0 Å². The van der Waals surface area contributed by atoms with Gasteiger partial charge in [-0.05, 0) is 32.9 Å². The highest BCUT2D eigenvalue weighted by molar-refractivity contribution is 5.67. The van der Waals surface area contributed by atoms with Crippen molar-refractivity contribution >= 4 is 6.09 Å². The fourth-order valence-electron chi connectivity index (χ4n) is 1.15. The lowest BCUT2D eigenvalue weighted by atomic mass is 10.2. The fourth-order valence-corrected chi connectivity index (χ4v) is 1.15. The third-order valence-electron chi connectivity index (χ3n) is 1.81. The molecule has 1 aromatic rings. The molecule has 2 N–H and O–H groups in total. The van der Waals surface area contributed by atoms with Crippen molar-refractivity contribution in [2.45, 2.75) is 26.4 Å². The second-order valence-corrected chi connectivity index (χ2v) is 4.64. The number of aromatic amines is 1. The predicted octanol–water partition coefficient (Wildman–Crippen LogP) is 1.28. The number of hydrogen-bond acceptors (Lipinski definition) is 4. The highest BCUT2D eigenvalue weighted by Gasteiger charge is 2.15. The van der Waals surface area contributed by atoms with Crippen molar-refractivity contribution in [3.05, 3.63) is 28.7 Å². The summed E-state index contributed by atoms with van der Waals surface area (Å²) in [5.41, 5.74) is -0.823. The van der Waals surface area contributed by atoms with Crippen LogP contribution in [0, 0.1) is 0 Å². The number of hydrogen-bond donors (Lipinski definition) is 2. The molecule has 0 aliphatic heterocycles. The summed E-state index contributed by atoms with van der Waals surface area (Å²) >= 11 is 0. The number of nitrogens with one attached hydrogen (secondary N) is 2. The van der Waals surface area contributed by atoms with Crippen LogP contribution >= 0.6 is 0 Å². The van der Waals surface area contributed by atoms with Crippen molar-refractivity contribution in [1.29, 1.82) is 0 Å².